The summed E-state index contributed by atoms with van der Waals surface area (Å²) in [6.45, 7) is 8.78. The fourth-order valence-electron chi connectivity index (χ4n) is 1.38. The normalized spacial score (nSPS) is 13.2. The molecule has 0 atom stereocenters. The van der Waals surface area contributed by atoms with Crippen LogP contribution in [0.3, 0.4) is 0 Å². The molecular formula is C11H26N2O3Si. The van der Waals surface area contributed by atoms with Gasteiger partial charge in [0.1, 0.15) is 0 Å². The van der Waals surface area contributed by atoms with Crippen LogP contribution in [0.2, 0.25) is 6.04 Å². The van der Waals surface area contributed by atoms with Crippen molar-refractivity contribution in [3.8, 4) is 0 Å². The lowest BCUT2D eigenvalue weighted by atomic mass is 10.4. The molecule has 0 aliphatic carbocycles. The Bertz CT molecular complexity index is 229. The molecule has 0 unspecified atom stereocenters. The van der Waals surface area contributed by atoms with Gasteiger partial charge in [0.2, 0.25) is 0 Å². The first kappa shape index (κ1) is 16.6. The molecule has 0 fully saturated rings. The third-order valence-corrected chi connectivity index (χ3v) is 5.23. The highest BCUT2D eigenvalue weighted by Gasteiger charge is 2.42. The van der Waals surface area contributed by atoms with Gasteiger partial charge in [-0.1, -0.05) is 6.08 Å². The highest BCUT2D eigenvalue weighted by atomic mass is 28.4. The van der Waals surface area contributed by atoms with Gasteiger partial charge in [-0.3, -0.25) is 0 Å². The van der Waals surface area contributed by atoms with E-state index < -0.39 is 8.80 Å². The van der Waals surface area contributed by atoms with Gasteiger partial charge in [-0.05, 0) is 34.1 Å². The standard InChI is InChI=1S/C11H26N2O3Si/c1-5-10(4)16-17(14-6-2,15-7-3)9-8-11(12)13/h5,11H,6-9,12-13H2,1-4H3. The Morgan fingerprint density at radius 2 is 1.76 bits per heavy atom. The average molecular weight is 262 g/mol. The van der Waals surface area contributed by atoms with Crippen molar-refractivity contribution in [2.75, 3.05) is 13.2 Å². The molecule has 0 saturated carbocycles. The summed E-state index contributed by atoms with van der Waals surface area (Å²) >= 11 is 0. The van der Waals surface area contributed by atoms with Gasteiger partial charge in [-0.2, -0.15) is 0 Å². The van der Waals surface area contributed by atoms with Crippen LogP contribution in [-0.4, -0.2) is 28.2 Å². The Kier molecular flexibility index (Phi) is 8.45. The third kappa shape index (κ3) is 6.80. The summed E-state index contributed by atoms with van der Waals surface area (Å²) in [5.74, 6) is 0.809. The first-order chi connectivity index (χ1) is 7.99. The summed E-state index contributed by atoms with van der Waals surface area (Å²) < 4.78 is 17.3. The van der Waals surface area contributed by atoms with Crippen molar-refractivity contribution in [2.45, 2.75) is 46.3 Å². The molecule has 0 aliphatic rings. The largest absolute Gasteiger partial charge is 0.565 e. The summed E-state index contributed by atoms with van der Waals surface area (Å²) in [6, 6.07) is 0.636. The molecule has 6 heteroatoms. The first-order valence-corrected chi connectivity index (χ1v) is 8.03. The van der Waals surface area contributed by atoms with Crippen molar-refractivity contribution in [3.63, 3.8) is 0 Å². The second kappa shape index (κ2) is 8.65. The Morgan fingerprint density at radius 3 is 2.12 bits per heavy atom. The van der Waals surface area contributed by atoms with Gasteiger partial charge in [0, 0.05) is 19.3 Å². The van der Waals surface area contributed by atoms with Crippen molar-refractivity contribution in [1.29, 1.82) is 0 Å². The molecule has 0 rings (SSSR count). The highest BCUT2D eigenvalue weighted by molar-refractivity contribution is 6.61. The second-order valence-corrected chi connectivity index (χ2v) is 6.40. The maximum absolute atomic E-state index is 5.86. The number of nitrogens with two attached hydrogens (primary N) is 2. The summed E-state index contributed by atoms with van der Waals surface area (Å²) in [5, 5.41) is 0. The van der Waals surface area contributed by atoms with Gasteiger partial charge in [0.05, 0.1) is 11.9 Å². The lowest BCUT2D eigenvalue weighted by molar-refractivity contribution is 0.0906. The van der Waals surface area contributed by atoms with Crippen LogP contribution in [0.15, 0.2) is 11.8 Å². The number of hydrogen-bond acceptors (Lipinski definition) is 5. The minimum atomic E-state index is -2.67. The van der Waals surface area contributed by atoms with Crippen molar-refractivity contribution >= 4 is 8.80 Å². The Morgan fingerprint density at radius 1 is 1.24 bits per heavy atom. The molecule has 0 spiro atoms. The van der Waals surface area contributed by atoms with Crippen LogP contribution in [0.5, 0.6) is 0 Å². The van der Waals surface area contributed by atoms with E-state index in [9.17, 15) is 0 Å². The molecule has 0 radical (unpaired) electrons. The molecule has 4 N–H and O–H groups in total. The molecule has 0 aromatic heterocycles. The minimum absolute atomic E-state index is 0.364. The van der Waals surface area contributed by atoms with E-state index in [1.807, 2.05) is 33.8 Å². The molecular weight excluding hydrogens is 236 g/mol. The monoisotopic (exact) mass is 262 g/mol. The Balaban J connectivity index is 4.70. The van der Waals surface area contributed by atoms with Crippen LogP contribution in [0.4, 0.5) is 0 Å². The van der Waals surface area contributed by atoms with Crippen LogP contribution < -0.4 is 11.5 Å². The maximum atomic E-state index is 5.86. The third-order valence-electron chi connectivity index (χ3n) is 2.24. The summed E-state index contributed by atoms with van der Waals surface area (Å²) in [5.41, 5.74) is 11.1. The van der Waals surface area contributed by atoms with Gasteiger partial charge < -0.3 is 24.7 Å². The molecule has 0 aromatic rings. The maximum Gasteiger partial charge on any atom is 0.565 e. The van der Waals surface area contributed by atoms with Crippen LogP contribution in [0.25, 0.3) is 0 Å². The fraction of sp³-hybridized carbons (Fsp3) is 0.818. The number of allylic oxidation sites excluding steroid dienone is 2. The van der Waals surface area contributed by atoms with Gasteiger partial charge in [0.15, 0.2) is 0 Å². The average Bonchev–Trinajstić information content (AvgIpc) is 2.27. The predicted molar refractivity (Wildman–Crippen MR) is 71.1 cm³/mol. The van der Waals surface area contributed by atoms with E-state index in [2.05, 4.69) is 0 Å². The van der Waals surface area contributed by atoms with E-state index in [0.29, 0.717) is 25.7 Å². The van der Waals surface area contributed by atoms with Gasteiger partial charge in [0.25, 0.3) is 0 Å². The number of rotatable bonds is 9. The van der Waals surface area contributed by atoms with E-state index in [1.165, 1.54) is 0 Å². The molecule has 0 bridgehead atoms. The highest BCUT2D eigenvalue weighted by Crippen LogP contribution is 2.21. The van der Waals surface area contributed by atoms with Crippen molar-refractivity contribution in [3.05, 3.63) is 11.8 Å². The minimum Gasteiger partial charge on any atom is -0.505 e. The molecule has 17 heavy (non-hydrogen) atoms. The van der Waals surface area contributed by atoms with E-state index in [4.69, 9.17) is 24.7 Å². The van der Waals surface area contributed by atoms with Crippen molar-refractivity contribution < 1.29 is 13.3 Å². The van der Waals surface area contributed by atoms with Crippen LogP contribution >= 0.6 is 0 Å². The van der Waals surface area contributed by atoms with Crippen molar-refractivity contribution in [1.82, 2.24) is 0 Å². The van der Waals surface area contributed by atoms with Gasteiger partial charge in [-0.25, -0.2) is 0 Å². The van der Waals surface area contributed by atoms with E-state index in [-0.39, 0.29) is 6.17 Å². The lowest BCUT2D eigenvalue weighted by Gasteiger charge is -2.30. The van der Waals surface area contributed by atoms with E-state index >= 15 is 0 Å². The van der Waals surface area contributed by atoms with Gasteiger partial charge >= 0.3 is 8.80 Å². The summed E-state index contributed by atoms with van der Waals surface area (Å²) in [4.78, 5) is 0. The van der Waals surface area contributed by atoms with Crippen molar-refractivity contribution in [2.24, 2.45) is 11.5 Å². The SMILES string of the molecule is CC=C(C)O[Si](CCC(N)N)(OCC)OCC. The predicted octanol–water partition coefficient (Wildman–Crippen LogP) is 1.57. The number of hydrogen-bond donors (Lipinski definition) is 2. The zero-order valence-electron chi connectivity index (χ0n) is 11.4. The van der Waals surface area contributed by atoms with Crippen LogP contribution in [-0.2, 0) is 13.3 Å². The molecule has 0 aromatic carbocycles. The first-order valence-electron chi connectivity index (χ1n) is 6.10. The van der Waals surface area contributed by atoms with Crippen LogP contribution in [0.1, 0.15) is 34.1 Å². The van der Waals surface area contributed by atoms with Crippen LogP contribution in [0, 0.1) is 0 Å². The fourth-order valence-corrected chi connectivity index (χ4v) is 4.15. The quantitative estimate of drug-likeness (QED) is 0.374. The van der Waals surface area contributed by atoms with Gasteiger partial charge in [-0.15, -0.1) is 0 Å². The zero-order chi connectivity index (χ0) is 13.3. The molecule has 0 heterocycles. The van der Waals surface area contributed by atoms with E-state index in [0.717, 1.165) is 5.76 Å². The zero-order valence-corrected chi connectivity index (χ0v) is 12.4. The Labute approximate surface area is 105 Å². The summed E-state index contributed by atoms with van der Waals surface area (Å²) in [7, 11) is -2.67. The topological polar surface area (TPSA) is 79.7 Å². The molecule has 0 saturated heterocycles. The van der Waals surface area contributed by atoms with E-state index in [1.54, 1.807) is 0 Å². The Hall–Kier alpha value is -0.403. The summed E-state index contributed by atoms with van der Waals surface area (Å²) in [6.07, 6.45) is 2.16. The molecule has 5 nitrogen and oxygen atoms in total. The molecule has 0 aliphatic heterocycles. The molecule has 0 amide bonds. The second-order valence-electron chi connectivity index (χ2n) is 3.75. The lowest BCUT2D eigenvalue weighted by Crippen LogP contribution is -2.47. The smallest absolute Gasteiger partial charge is 0.505 e. The molecule has 102 valence electrons.